The Morgan fingerprint density at radius 1 is 0.574 bits per heavy atom. The largest absolute Gasteiger partial charge is 0.203 e. The summed E-state index contributed by atoms with van der Waals surface area (Å²) in [4.78, 5) is 2.11. The maximum Gasteiger partial charge on any atom is 0.170 e. The van der Waals surface area contributed by atoms with Gasteiger partial charge in [-0.05, 0) is 116 Å². The van der Waals surface area contributed by atoms with Gasteiger partial charge in [-0.25, -0.2) is 8.78 Å². The molecule has 3 aromatic heterocycles. The van der Waals surface area contributed by atoms with Crippen molar-refractivity contribution in [2.45, 2.75) is 78.1 Å². The molecule has 4 aromatic carbocycles. The van der Waals surface area contributed by atoms with Crippen LogP contribution in [0.4, 0.5) is 8.78 Å². The van der Waals surface area contributed by atoms with Gasteiger partial charge in [-0.3, -0.25) is 0 Å². The van der Waals surface area contributed by atoms with Crippen molar-refractivity contribution >= 4 is 65.6 Å². The van der Waals surface area contributed by atoms with Crippen molar-refractivity contribution in [3.8, 4) is 32.7 Å². The van der Waals surface area contributed by atoms with Gasteiger partial charge in [-0.1, -0.05) is 55.4 Å². The summed E-state index contributed by atoms with van der Waals surface area (Å²) in [5, 5.41) is 2.38. The van der Waals surface area contributed by atoms with Crippen molar-refractivity contribution in [2.24, 2.45) is 0 Å². The lowest BCUT2D eigenvalue weighted by molar-refractivity contribution is 0.499. The monoisotopic (exact) mass is 676 g/mol. The molecule has 2 nitrogen and oxygen atoms in total. The Labute approximate surface area is 285 Å². The van der Waals surface area contributed by atoms with Gasteiger partial charge in [0, 0.05) is 35.5 Å². The molecule has 7 aromatic rings. The minimum atomic E-state index is -0.837. The van der Waals surface area contributed by atoms with Crippen LogP contribution in [0.3, 0.4) is 0 Å². The molecule has 0 amide bonds. The Kier molecular flexibility index (Phi) is 6.02. The number of fused-ring (bicyclic) bond motifs is 9. The van der Waals surface area contributed by atoms with Crippen molar-refractivity contribution in [1.29, 1.82) is 0 Å². The zero-order valence-corrected chi connectivity index (χ0v) is 30.1. The first-order chi connectivity index (χ1) is 22.3. The molecule has 2 aliphatic rings. The lowest BCUT2D eigenvalue weighted by atomic mass is 9.79. The van der Waals surface area contributed by atoms with Crippen LogP contribution in [0.2, 0.25) is 0 Å². The van der Waals surface area contributed by atoms with E-state index in [9.17, 15) is 0 Å². The highest BCUT2D eigenvalue weighted by Crippen LogP contribution is 2.58. The average molecular weight is 677 g/mol. The van der Waals surface area contributed by atoms with Gasteiger partial charge in [-0.15, -0.1) is 22.7 Å². The summed E-state index contributed by atoms with van der Waals surface area (Å²) in [6.45, 7) is 17.6. The van der Waals surface area contributed by atoms with Gasteiger partial charge >= 0.3 is 0 Å². The van der Waals surface area contributed by atoms with Crippen molar-refractivity contribution in [3.63, 3.8) is 0 Å². The minimum absolute atomic E-state index is 0.127. The normalized spacial score (nSPS) is 15.7. The first-order valence-electron chi connectivity index (χ1n) is 16.3. The van der Waals surface area contributed by atoms with E-state index in [-0.39, 0.29) is 22.3 Å². The van der Waals surface area contributed by atoms with Crippen molar-refractivity contribution < 1.29 is 8.78 Å². The summed E-state index contributed by atoms with van der Waals surface area (Å²) < 4.78 is 42.5. The number of aromatic nitrogens is 2. The van der Waals surface area contributed by atoms with E-state index < -0.39 is 11.6 Å². The van der Waals surface area contributed by atoms with Crippen LogP contribution in [0.5, 0.6) is 0 Å². The number of thiophene rings is 2. The molecule has 7 heteroatoms. The molecular formula is C40H34F2N2S3. The summed E-state index contributed by atoms with van der Waals surface area (Å²) in [5.74, 6) is -1.34. The summed E-state index contributed by atoms with van der Waals surface area (Å²) in [5.41, 5.74) is 11.7. The van der Waals surface area contributed by atoms with E-state index in [4.69, 9.17) is 0 Å². The third-order valence-electron chi connectivity index (χ3n) is 10.8. The molecule has 2 aliphatic carbocycles. The number of hydrogen-bond acceptors (Lipinski definition) is 5. The van der Waals surface area contributed by atoms with E-state index in [0.717, 1.165) is 21.8 Å². The third kappa shape index (κ3) is 3.85. The number of nitrogens with zero attached hydrogens (tertiary/aromatic N) is 2. The molecule has 47 heavy (non-hydrogen) atoms. The summed E-state index contributed by atoms with van der Waals surface area (Å²) >= 11 is 4.42. The van der Waals surface area contributed by atoms with E-state index in [0.29, 0.717) is 27.4 Å². The topological polar surface area (TPSA) is 25.8 Å². The van der Waals surface area contributed by atoms with Crippen molar-refractivity contribution in [1.82, 2.24) is 8.75 Å². The van der Waals surface area contributed by atoms with Crippen molar-refractivity contribution in [3.05, 3.63) is 92.9 Å². The fourth-order valence-corrected chi connectivity index (χ4v) is 10.9. The molecule has 0 N–H and O–H groups in total. The number of hydrogen-bond donors (Lipinski definition) is 0. The Morgan fingerprint density at radius 3 is 1.66 bits per heavy atom. The Hall–Kier alpha value is -3.52. The molecule has 0 atom stereocenters. The molecular weight excluding hydrogens is 643 g/mol. The molecule has 0 aliphatic heterocycles. The number of benzene rings is 4. The van der Waals surface area contributed by atoms with Gasteiger partial charge < -0.3 is 0 Å². The fourth-order valence-electron chi connectivity index (χ4n) is 8.17. The highest BCUT2D eigenvalue weighted by molar-refractivity contribution is 7.22. The van der Waals surface area contributed by atoms with E-state index in [2.05, 4.69) is 92.8 Å². The van der Waals surface area contributed by atoms with Crippen LogP contribution in [-0.2, 0) is 10.8 Å². The van der Waals surface area contributed by atoms with E-state index in [1.54, 1.807) is 0 Å². The van der Waals surface area contributed by atoms with E-state index in [1.165, 1.54) is 70.8 Å². The van der Waals surface area contributed by atoms with Crippen molar-refractivity contribution in [2.75, 3.05) is 0 Å². The summed E-state index contributed by atoms with van der Waals surface area (Å²) in [7, 11) is 0. The first-order valence-corrected chi connectivity index (χ1v) is 18.6. The van der Waals surface area contributed by atoms with Gasteiger partial charge in [0.05, 0.1) is 17.3 Å². The zero-order chi connectivity index (χ0) is 32.9. The van der Waals surface area contributed by atoms with Crippen LogP contribution in [0.25, 0.3) is 63.9 Å². The molecule has 9 rings (SSSR count). The van der Waals surface area contributed by atoms with Gasteiger partial charge in [0.15, 0.2) is 11.6 Å². The predicted molar refractivity (Wildman–Crippen MR) is 197 cm³/mol. The molecule has 0 saturated carbocycles. The second-order valence-electron chi connectivity index (χ2n) is 15.0. The Balaban J connectivity index is 1.22. The predicted octanol–water partition coefficient (Wildman–Crippen LogP) is 12.9. The first kappa shape index (κ1) is 29.6. The van der Waals surface area contributed by atoms with Gasteiger partial charge in [-0.2, -0.15) is 8.75 Å². The zero-order valence-electron chi connectivity index (χ0n) is 27.6. The number of halogens is 2. The van der Waals surface area contributed by atoms with Crippen LogP contribution in [-0.4, -0.2) is 8.75 Å². The lowest BCUT2D eigenvalue weighted by Crippen LogP contribution is -2.17. The van der Waals surface area contributed by atoms with Crippen LogP contribution >= 0.6 is 34.4 Å². The Morgan fingerprint density at radius 2 is 1.09 bits per heavy atom. The molecule has 0 unspecified atom stereocenters. The van der Waals surface area contributed by atoms with Gasteiger partial charge in [0.1, 0.15) is 11.0 Å². The lowest BCUT2D eigenvalue weighted by Gasteiger charge is -2.24. The SMILES string of the molecule is CC(C)c1cc2cc3c(cc2s1)-c1cc2c(cc1C3(C)C)-c1cc3sc(-c4c(F)c(F)c(C(C)C)c5nsnc45)cc3cc1C2(C)C. The van der Waals surface area contributed by atoms with Crippen LogP contribution in [0, 0.1) is 11.6 Å². The second kappa shape index (κ2) is 9.55. The average Bonchev–Trinajstić information content (AvgIpc) is 3.82. The van der Waals surface area contributed by atoms with Gasteiger partial charge in [0.2, 0.25) is 0 Å². The summed E-state index contributed by atoms with van der Waals surface area (Å²) in [6.07, 6.45) is 0. The molecule has 0 radical (unpaired) electrons. The molecule has 0 saturated heterocycles. The second-order valence-corrected chi connectivity index (χ2v) is 17.7. The molecule has 0 bridgehead atoms. The maximum absolute atomic E-state index is 15.8. The highest BCUT2D eigenvalue weighted by Gasteiger charge is 2.42. The fraction of sp³-hybridized carbons (Fsp3) is 0.300. The maximum atomic E-state index is 15.8. The smallest absolute Gasteiger partial charge is 0.170 e. The van der Waals surface area contributed by atoms with Crippen LogP contribution < -0.4 is 0 Å². The molecule has 0 fully saturated rings. The quantitative estimate of drug-likeness (QED) is 0.186. The third-order valence-corrected chi connectivity index (χ3v) is 13.8. The molecule has 0 spiro atoms. The van der Waals surface area contributed by atoms with Gasteiger partial charge in [0.25, 0.3) is 0 Å². The van der Waals surface area contributed by atoms with E-state index >= 15 is 8.78 Å². The van der Waals surface area contributed by atoms with E-state index in [1.807, 2.05) is 31.3 Å². The highest BCUT2D eigenvalue weighted by atomic mass is 32.1. The minimum Gasteiger partial charge on any atom is -0.203 e. The Bertz CT molecular complexity index is 2510. The number of rotatable bonds is 3. The van der Waals surface area contributed by atoms with Crippen LogP contribution in [0.1, 0.15) is 99.9 Å². The molecule has 236 valence electrons. The standard InChI is InChI=1S/C40H34F2N2S3/c1-17(2)29-11-19-9-25-23(15-30(19)45-29)21-13-28-22(14-27(21)39(25,5)6)24-16-31-20(10-26(24)40(28,7)8)12-32(46-31)34-36(42)35(41)33(18(3)4)37-38(34)44-47-43-37/h9-18H,1-8H3. The van der Waals surface area contributed by atoms with Crippen LogP contribution in [0.15, 0.2) is 48.5 Å². The molecule has 3 heterocycles. The summed E-state index contributed by atoms with van der Waals surface area (Å²) in [6, 6.07) is 18.7.